The molecule has 1 N–H and O–H groups in total. The molecule has 2 fully saturated rings. The van der Waals surface area contributed by atoms with Gasteiger partial charge in [0.2, 0.25) is 0 Å². The Balaban J connectivity index is 1.66. The predicted molar refractivity (Wildman–Crippen MR) is 69.3 cm³/mol. The first-order chi connectivity index (χ1) is 7.89. The van der Waals surface area contributed by atoms with Crippen LogP contribution < -0.4 is 9.78 Å². The molecule has 0 aromatic heterocycles. The molecule has 1 saturated heterocycles. The molecule has 2 heteroatoms. The Morgan fingerprint density at radius 3 is 3.00 bits per heavy atom. The van der Waals surface area contributed by atoms with Gasteiger partial charge in [-0.2, -0.15) is 0 Å². The van der Waals surface area contributed by atoms with Gasteiger partial charge in [0.1, 0.15) is 0 Å². The summed E-state index contributed by atoms with van der Waals surface area (Å²) in [4.78, 5) is 0. The minimum absolute atomic E-state index is 0.538. The van der Waals surface area contributed by atoms with E-state index in [1.807, 2.05) is 0 Å². The van der Waals surface area contributed by atoms with Gasteiger partial charge in [-0.25, -0.2) is 0 Å². The van der Waals surface area contributed by atoms with E-state index in [0.29, 0.717) is 20.5 Å². The summed E-state index contributed by atoms with van der Waals surface area (Å²) in [5.74, 6) is 0.984. The molecule has 1 heterocycles. The van der Waals surface area contributed by atoms with Crippen LogP contribution in [0.3, 0.4) is 0 Å². The zero-order valence-corrected chi connectivity index (χ0v) is 11.3. The Labute approximate surface area is 104 Å². The van der Waals surface area contributed by atoms with Crippen LogP contribution in [0.25, 0.3) is 0 Å². The first kappa shape index (κ1) is 10.8. The van der Waals surface area contributed by atoms with Gasteiger partial charge in [0, 0.05) is 0 Å². The summed E-state index contributed by atoms with van der Waals surface area (Å²) in [6, 6.07) is 11.0. The molecule has 3 rings (SSSR count). The van der Waals surface area contributed by atoms with Crippen molar-refractivity contribution in [2.75, 3.05) is 6.54 Å². The van der Waals surface area contributed by atoms with Crippen LogP contribution in [0.1, 0.15) is 25.7 Å². The van der Waals surface area contributed by atoms with Gasteiger partial charge in [-0.1, -0.05) is 0 Å². The molecule has 0 bridgehead atoms. The molecule has 16 heavy (non-hydrogen) atoms. The van der Waals surface area contributed by atoms with E-state index < -0.39 is 0 Å². The average molecular weight is 280 g/mol. The van der Waals surface area contributed by atoms with Crippen LogP contribution in [-0.4, -0.2) is 27.0 Å². The summed E-state index contributed by atoms with van der Waals surface area (Å²) in [7, 11) is 0. The Morgan fingerprint density at radius 1 is 1.25 bits per heavy atom. The van der Waals surface area contributed by atoms with Gasteiger partial charge < -0.3 is 0 Å². The van der Waals surface area contributed by atoms with E-state index >= 15 is 0 Å². The summed E-state index contributed by atoms with van der Waals surface area (Å²) in [6.07, 6.45) is 5.76. The molecule has 0 amide bonds. The van der Waals surface area contributed by atoms with Crippen molar-refractivity contribution in [1.29, 1.82) is 0 Å². The monoisotopic (exact) mass is 281 g/mol. The maximum atomic E-state index is 3.82. The van der Waals surface area contributed by atoms with Crippen LogP contribution in [0.4, 0.5) is 0 Å². The van der Waals surface area contributed by atoms with Crippen molar-refractivity contribution in [2.24, 2.45) is 5.92 Å². The standard InChI is InChI=1S/C14H19NSe/c1-2-6-13(7-3-1)16-11-14-9-4-5-12(14)8-10-15-14/h1-3,6-7,12,15H,4-5,8-11H2/t12-,14+/m1/s1. The molecule has 86 valence electrons. The Bertz CT molecular complexity index is 339. The molecule has 1 aromatic rings. The number of rotatable bonds is 3. The molecule has 1 aromatic carbocycles. The van der Waals surface area contributed by atoms with Gasteiger partial charge in [0.15, 0.2) is 0 Å². The molecule has 0 spiro atoms. The van der Waals surface area contributed by atoms with E-state index in [0.717, 1.165) is 5.92 Å². The third-order valence-corrected chi connectivity index (χ3v) is 6.82. The second kappa shape index (κ2) is 4.52. The van der Waals surface area contributed by atoms with E-state index in [1.54, 1.807) is 4.46 Å². The molecule has 1 aliphatic carbocycles. The van der Waals surface area contributed by atoms with Crippen molar-refractivity contribution >= 4 is 19.4 Å². The minimum atomic E-state index is 0.538. The average Bonchev–Trinajstić information content (AvgIpc) is 2.87. The first-order valence-corrected chi connectivity index (χ1v) is 8.39. The number of fused-ring (bicyclic) bond motifs is 1. The van der Waals surface area contributed by atoms with Crippen LogP contribution in [0.2, 0.25) is 5.32 Å². The number of hydrogen-bond acceptors (Lipinski definition) is 1. The van der Waals surface area contributed by atoms with Gasteiger partial charge in [0.05, 0.1) is 0 Å². The zero-order chi connectivity index (χ0) is 10.8. The molecule has 2 atom stereocenters. The Hall–Kier alpha value is -0.301. The molecule has 0 radical (unpaired) electrons. The SMILES string of the molecule is c1ccc([Se]C[C@@]23CCC[C@@H]2CCN3)cc1. The molecule has 1 saturated carbocycles. The summed E-state index contributed by atoms with van der Waals surface area (Å²) in [6.45, 7) is 1.26. The maximum absolute atomic E-state index is 3.82. The fraction of sp³-hybridized carbons (Fsp3) is 0.571. The van der Waals surface area contributed by atoms with Crippen LogP contribution in [0.5, 0.6) is 0 Å². The first-order valence-electron chi connectivity index (χ1n) is 6.32. The van der Waals surface area contributed by atoms with Gasteiger partial charge in [0.25, 0.3) is 0 Å². The number of nitrogens with one attached hydrogen (secondary N) is 1. The zero-order valence-electron chi connectivity index (χ0n) is 9.61. The van der Waals surface area contributed by atoms with Crippen LogP contribution in [-0.2, 0) is 0 Å². The van der Waals surface area contributed by atoms with E-state index in [-0.39, 0.29) is 0 Å². The molecular formula is C14H19NSe. The van der Waals surface area contributed by atoms with E-state index in [1.165, 1.54) is 37.5 Å². The van der Waals surface area contributed by atoms with Crippen molar-refractivity contribution in [2.45, 2.75) is 36.5 Å². The van der Waals surface area contributed by atoms with Crippen LogP contribution in [0, 0.1) is 5.92 Å². The van der Waals surface area contributed by atoms with Gasteiger partial charge in [-0.05, 0) is 0 Å². The van der Waals surface area contributed by atoms with Crippen molar-refractivity contribution in [3.8, 4) is 0 Å². The number of hydrogen-bond donors (Lipinski definition) is 1. The predicted octanol–water partition coefficient (Wildman–Crippen LogP) is 1.97. The fourth-order valence-corrected chi connectivity index (χ4v) is 5.90. The fourth-order valence-electron chi connectivity index (χ4n) is 3.26. The third kappa shape index (κ3) is 1.95. The van der Waals surface area contributed by atoms with Crippen LogP contribution in [0.15, 0.2) is 30.3 Å². The van der Waals surface area contributed by atoms with Gasteiger partial charge in [-0.3, -0.25) is 0 Å². The van der Waals surface area contributed by atoms with Crippen molar-refractivity contribution in [3.05, 3.63) is 30.3 Å². The van der Waals surface area contributed by atoms with Crippen LogP contribution >= 0.6 is 0 Å². The summed E-state index contributed by atoms with van der Waals surface area (Å²) < 4.78 is 1.56. The molecule has 1 nitrogen and oxygen atoms in total. The molecule has 1 aliphatic heterocycles. The summed E-state index contributed by atoms with van der Waals surface area (Å²) >= 11 is 0.654. The van der Waals surface area contributed by atoms with Crippen molar-refractivity contribution in [1.82, 2.24) is 5.32 Å². The Morgan fingerprint density at radius 2 is 2.12 bits per heavy atom. The molecule has 0 unspecified atom stereocenters. The molecular weight excluding hydrogens is 261 g/mol. The normalized spacial score (nSPS) is 32.9. The Kier molecular flexibility index (Phi) is 3.06. The quantitative estimate of drug-likeness (QED) is 0.835. The topological polar surface area (TPSA) is 12.0 Å². The second-order valence-electron chi connectivity index (χ2n) is 5.06. The van der Waals surface area contributed by atoms with E-state index in [2.05, 4.69) is 35.6 Å². The molecule has 2 aliphatic rings. The second-order valence-corrected chi connectivity index (χ2v) is 7.26. The van der Waals surface area contributed by atoms with Gasteiger partial charge >= 0.3 is 104 Å². The number of benzene rings is 1. The van der Waals surface area contributed by atoms with E-state index in [4.69, 9.17) is 0 Å². The van der Waals surface area contributed by atoms with Crippen molar-refractivity contribution in [3.63, 3.8) is 0 Å². The van der Waals surface area contributed by atoms with Crippen molar-refractivity contribution < 1.29 is 0 Å². The third-order valence-electron chi connectivity index (χ3n) is 4.17. The van der Waals surface area contributed by atoms with Gasteiger partial charge in [-0.15, -0.1) is 0 Å². The summed E-state index contributed by atoms with van der Waals surface area (Å²) in [5.41, 5.74) is 0.538. The van der Waals surface area contributed by atoms with E-state index in [9.17, 15) is 0 Å². The summed E-state index contributed by atoms with van der Waals surface area (Å²) in [5, 5.41) is 5.22.